The number of carbonyl (C=O) groups excluding carboxylic acids is 1. The maximum Gasteiger partial charge on any atom is 0.230 e. The number of hydrogen-bond donors (Lipinski definition) is 2. The number of anilines is 1. The zero-order valence-electron chi connectivity index (χ0n) is 12.2. The van der Waals surface area contributed by atoms with Gasteiger partial charge in [-0.2, -0.15) is 0 Å². The Bertz CT molecular complexity index is 479. The fourth-order valence-electron chi connectivity index (χ4n) is 3.04. The van der Waals surface area contributed by atoms with E-state index in [-0.39, 0.29) is 17.9 Å². The molecule has 0 atom stereocenters. The highest BCUT2D eigenvalue weighted by molar-refractivity contribution is 5.95. The number of methoxy groups -OCH3 is 1. The van der Waals surface area contributed by atoms with Crippen LogP contribution in [0.5, 0.6) is 5.75 Å². The predicted octanol–water partition coefficient (Wildman–Crippen LogP) is 3.10. The molecular formula is C16H23NO3. The van der Waals surface area contributed by atoms with Crippen LogP contribution in [0.3, 0.4) is 0 Å². The van der Waals surface area contributed by atoms with Crippen molar-refractivity contribution in [3.8, 4) is 5.75 Å². The minimum atomic E-state index is -0.209. The Balaban J connectivity index is 2.15. The van der Waals surface area contributed by atoms with Gasteiger partial charge in [0, 0.05) is 16.7 Å². The molecule has 2 rings (SSSR count). The molecule has 20 heavy (non-hydrogen) atoms. The van der Waals surface area contributed by atoms with Crippen LogP contribution in [0, 0.1) is 5.41 Å². The van der Waals surface area contributed by atoms with Crippen LogP contribution < -0.4 is 10.1 Å². The van der Waals surface area contributed by atoms with E-state index in [0.29, 0.717) is 11.3 Å². The van der Waals surface area contributed by atoms with Gasteiger partial charge in [0.05, 0.1) is 13.7 Å². The van der Waals surface area contributed by atoms with Crippen molar-refractivity contribution >= 4 is 11.6 Å². The quantitative estimate of drug-likeness (QED) is 0.869. The molecule has 110 valence electrons. The Morgan fingerprint density at radius 3 is 2.65 bits per heavy atom. The molecule has 0 saturated heterocycles. The number of amides is 1. The molecule has 1 aromatic rings. The summed E-state index contributed by atoms with van der Waals surface area (Å²) in [6.45, 7) is 1.98. The van der Waals surface area contributed by atoms with E-state index in [1.165, 1.54) is 0 Å². The van der Waals surface area contributed by atoms with E-state index >= 15 is 0 Å². The van der Waals surface area contributed by atoms with Crippen LogP contribution in [-0.4, -0.2) is 18.1 Å². The minimum Gasteiger partial charge on any atom is -0.496 e. The molecule has 1 fully saturated rings. The summed E-state index contributed by atoms with van der Waals surface area (Å²) >= 11 is 0. The number of carbonyl (C=O) groups is 1. The Labute approximate surface area is 120 Å². The second-order valence-corrected chi connectivity index (χ2v) is 5.48. The monoisotopic (exact) mass is 277 g/mol. The highest BCUT2D eigenvalue weighted by atomic mass is 16.5. The van der Waals surface area contributed by atoms with Crippen LogP contribution in [0.15, 0.2) is 18.2 Å². The van der Waals surface area contributed by atoms with Gasteiger partial charge in [-0.1, -0.05) is 19.8 Å². The van der Waals surface area contributed by atoms with Crippen molar-refractivity contribution in [1.29, 1.82) is 0 Å². The Morgan fingerprint density at radius 2 is 2.10 bits per heavy atom. The molecule has 1 aliphatic rings. The molecular weight excluding hydrogens is 254 g/mol. The van der Waals surface area contributed by atoms with Gasteiger partial charge < -0.3 is 15.2 Å². The highest BCUT2D eigenvalue weighted by Gasteiger charge is 2.39. The summed E-state index contributed by atoms with van der Waals surface area (Å²) in [5, 5.41) is 12.3. The molecule has 1 aromatic carbocycles. The van der Waals surface area contributed by atoms with Crippen molar-refractivity contribution < 1.29 is 14.6 Å². The number of nitrogens with one attached hydrogen (secondary N) is 1. The number of ether oxygens (including phenoxy) is 1. The molecule has 0 unspecified atom stereocenters. The molecule has 0 radical (unpaired) electrons. The van der Waals surface area contributed by atoms with Gasteiger partial charge in [0.15, 0.2) is 0 Å². The lowest BCUT2D eigenvalue weighted by molar-refractivity contribution is -0.125. The summed E-state index contributed by atoms with van der Waals surface area (Å²) in [5.74, 6) is 0.739. The van der Waals surface area contributed by atoms with Crippen molar-refractivity contribution in [2.24, 2.45) is 5.41 Å². The summed E-state index contributed by atoms with van der Waals surface area (Å²) in [5.41, 5.74) is 1.20. The lowest BCUT2D eigenvalue weighted by Crippen LogP contribution is -2.33. The number of aliphatic hydroxyl groups is 1. The van der Waals surface area contributed by atoms with Crippen LogP contribution in [0.2, 0.25) is 0 Å². The van der Waals surface area contributed by atoms with Crippen LogP contribution in [-0.2, 0) is 11.4 Å². The molecule has 0 aromatic heterocycles. The maximum absolute atomic E-state index is 12.5. The second-order valence-electron chi connectivity index (χ2n) is 5.48. The lowest BCUT2D eigenvalue weighted by atomic mass is 9.82. The molecule has 4 heteroatoms. The molecule has 0 bridgehead atoms. The number of rotatable bonds is 5. The maximum atomic E-state index is 12.5. The molecule has 1 amide bonds. The normalized spacial score (nSPS) is 16.9. The fourth-order valence-corrected chi connectivity index (χ4v) is 3.04. The second kappa shape index (κ2) is 6.27. The lowest BCUT2D eigenvalue weighted by Gasteiger charge is -2.26. The Kier molecular flexibility index (Phi) is 4.65. The predicted molar refractivity (Wildman–Crippen MR) is 78.7 cm³/mol. The van der Waals surface area contributed by atoms with Gasteiger partial charge in [-0.25, -0.2) is 0 Å². The van der Waals surface area contributed by atoms with Gasteiger partial charge in [-0.3, -0.25) is 4.79 Å². The first-order chi connectivity index (χ1) is 9.65. The van der Waals surface area contributed by atoms with Crippen molar-refractivity contribution in [3.05, 3.63) is 23.8 Å². The van der Waals surface area contributed by atoms with Gasteiger partial charge in [0.2, 0.25) is 5.91 Å². The van der Waals surface area contributed by atoms with Crippen molar-refractivity contribution in [2.45, 2.75) is 45.6 Å². The summed E-state index contributed by atoms with van der Waals surface area (Å²) in [4.78, 5) is 12.5. The smallest absolute Gasteiger partial charge is 0.230 e. The number of aliphatic hydroxyl groups excluding tert-OH is 1. The summed E-state index contributed by atoms with van der Waals surface area (Å²) in [6.07, 6.45) is 5.08. The standard InChI is InChI=1S/C16H23NO3/c1-3-16(8-4-5-9-16)15(19)17-13-6-7-14(20-2)12(10-13)11-18/h6-7,10,18H,3-5,8-9,11H2,1-2H3,(H,17,19). The molecule has 4 nitrogen and oxygen atoms in total. The molecule has 2 N–H and O–H groups in total. The number of hydrogen-bond acceptors (Lipinski definition) is 3. The van der Waals surface area contributed by atoms with E-state index in [2.05, 4.69) is 12.2 Å². The first kappa shape index (κ1) is 14.9. The van der Waals surface area contributed by atoms with Crippen molar-refractivity contribution in [1.82, 2.24) is 0 Å². The zero-order chi connectivity index (χ0) is 14.6. The van der Waals surface area contributed by atoms with E-state index in [9.17, 15) is 9.90 Å². The minimum absolute atomic E-state index is 0.103. The summed E-state index contributed by atoms with van der Waals surface area (Å²) in [7, 11) is 1.57. The third kappa shape index (κ3) is 2.80. The van der Waals surface area contributed by atoms with E-state index in [1.807, 2.05) is 6.07 Å². The summed E-state index contributed by atoms with van der Waals surface area (Å²) < 4.78 is 5.16. The van der Waals surface area contributed by atoms with E-state index < -0.39 is 0 Å². The van der Waals surface area contributed by atoms with Gasteiger partial charge >= 0.3 is 0 Å². The van der Waals surface area contributed by atoms with E-state index in [1.54, 1.807) is 19.2 Å². The highest BCUT2D eigenvalue weighted by Crippen LogP contribution is 2.42. The van der Waals surface area contributed by atoms with Crippen molar-refractivity contribution in [2.75, 3.05) is 12.4 Å². The van der Waals surface area contributed by atoms with Crippen LogP contribution in [0.4, 0.5) is 5.69 Å². The van der Waals surface area contributed by atoms with Crippen molar-refractivity contribution in [3.63, 3.8) is 0 Å². The Hall–Kier alpha value is -1.55. The number of benzene rings is 1. The zero-order valence-corrected chi connectivity index (χ0v) is 12.2. The van der Waals surface area contributed by atoms with Gasteiger partial charge in [-0.15, -0.1) is 0 Å². The first-order valence-electron chi connectivity index (χ1n) is 7.24. The summed E-state index contributed by atoms with van der Waals surface area (Å²) in [6, 6.07) is 5.36. The van der Waals surface area contributed by atoms with Gasteiger partial charge in [0.25, 0.3) is 0 Å². The Morgan fingerprint density at radius 1 is 1.40 bits per heavy atom. The van der Waals surface area contributed by atoms with E-state index in [0.717, 1.165) is 37.8 Å². The average molecular weight is 277 g/mol. The average Bonchev–Trinajstić information content (AvgIpc) is 2.97. The molecule has 1 aliphatic carbocycles. The first-order valence-corrected chi connectivity index (χ1v) is 7.24. The molecule has 0 spiro atoms. The van der Waals surface area contributed by atoms with Crippen LogP contribution in [0.25, 0.3) is 0 Å². The van der Waals surface area contributed by atoms with Gasteiger partial charge in [0.1, 0.15) is 5.75 Å². The molecule has 0 heterocycles. The topological polar surface area (TPSA) is 58.6 Å². The van der Waals surface area contributed by atoms with E-state index in [4.69, 9.17) is 4.74 Å². The molecule has 1 saturated carbocycles. The third-order valence-electron chi connectivity index (χ3n) is 4.43. The largest absolute Gasteiger partial charge is 0.496 e. The third-order valence-corrected chi connectivity index (χ3v) is 4.43. The van der Waals surface area contributed by atoms with Crippen LogP contribution in [0.1, 0.15) is 44.6 Å². The van der Waals surface area contributed by atoms with Crippen LogP contribution >= 0.6 is 0 Å². The fraction of sp³-hybridized carbons (Fsp3) is 0.562. The van der Waals surface area contributed by atoms with Gasteiger partial charge in [-0.05, 0) is 37.5 Å². The molecule has 0 aliphatic heterocycles. The SMILES string of the molecule is CCC1(C(=O)Nc2ccc(OC)c(CO)c2)CCCC1.